The number of rotatable bonds is 4. The van der Waals surface area contributed by atoms with Crippen LogP contribution in [-0.2, 0) is 11.3 Å². The normalized spacial score (nSPS) is 23.0. The minimum Gasteiger partial charge on any atom is -0.374 e. The van der Waals surface area contributed by atoms with Crippen LogP contribution in [0.25, 0.3) is 11.0 Å². The highest BCUT2D eigenvalue weighted by Gasteiger charge is 2.28. The summed E-state index contributed by atoms with van der Waals surface area (Å²) in [7, 11) is 0. The molecule has 0 aliphatic carbocycles. The quantitative estimate of drug-likeness (QED) is 0.913. The van der Waals surface area contributed by atoms with Gasteiger partial charge in [0.25, 0.3) is 0 Å². The van der Waals surface area contributed by atoms with E-state index in [4.69, 9.17) is 4.74 Å². The Bertz CT molecular complexity index is 564. The standard InChI is InChI=1S/C15H19N3O/c1-15(7-4-8-19-15)11-16-9-12-10-17-13-5-2-3-6-14(13)18-12/h2-3,5-6,10,16H,4,7-9,11H2,1H3. The lowest BCUT2D eigenvalue weighted by Crippen LogP contribution is -2.36. The van der Waals surface area contributed by atoms with Crippen molar-refractivity contribution in [2.45, 2.75) is 31.9 Å². The number of benzene rings is 1. The molecular weight excluding hydrogens is 238 g/mol. The molecule has 1 aromatic carbocycles. The Balaban J connectivity index is 1.62. The van der Waals surface area contributed by atoms with E-state index in [2.05, 4.69) is 22.2 Å². The minimum atomic E-state index is -0.00965. The summed E-state index contributed by atoms with van der Waals surface area (Å²) >= 11 is 0. The molecule has 0 saturated carbocycles. The highest BCUT2D eigenvalue weighted by Crippen LogP contribution is 2.23. The third-order valence-corrected chi connectivity index (χ3v) is 3.60. The van der Waals surface area contributed by atoms with Crippen LogP contribution in [0, 0.1) is 0 Å². The molecule has 100 valence electrons. The van der Waals surface area contributed by atoms with E-state index in [0.29, 0.717) is 0 Å². The number of hydrogen-bond donors (Lipinski definition) is 1. The van der Waals surface area contributed by atoms with Gasteiger partial charge in [0.05, 0.1) is 28.5 Å². The van der Waals surface area contributed by atoms with E-state index in [-0.39, 0.29) is 5.60 Å². The molecule has 2 heterocycles. The van der Waals surface area contributed by atoms with Crippen molar-refractivity contribution in [3.8, 4) is 0 Å². The molecule has 0 amide bonds. The Morgan fingerprint density at radius 3 is 2.95 bits per heavy atom. The van der Waals surface area contributed by atoms with E-state index >= 15 is 0 Å². The molecule has 1 saturated heterocycles. The average Bonchev–Trinajstić information content (AvgIpc) is 2.86. The lowest BCUT2D eigenvalue weighted by molar-refractivity contribution is 0.0206. The van der Waals surface area contributed by atoms with E-state index in [1.165, 1.54) is 0 Å². The number of aromatic nitrogens is 2. The maximum atomic E-state index is 5.75. The molecule has 4 heteroatoms. The first-order chi connectivity index (χ1) is 9.25. The van der Waals surface area contributed by atoms with E-state index in [1.54, 1.807) is 0 Å². The van der Waals surface area contributed by atoms with Crippen LogP contribution in [0.4, 0.5) is 0 Å². The molecule has 2 aromatic rings. The lowest BCUT2D eigenvalue weighted by atomic mass is 10.0. The fourth-order valence-electron chi connectivity index (χ4n) is 2.51. The summed E-state index contributed by atoms with van der Waals surface area (Å²) in [6, 6.07) is 7.94. The number of ether oxygens (including phenoxy) is 1. The lowest BCUT2D eigenvalue weighted by Gasteiger charge is -2.23. The van der Waals surface area contributed by atoms with E-state index < -0.39 is 0 Å². The second-order valence-electron chi connectivity index (χ2n) is 5.36. The molecule has 0 bridgehead atoms. The van der Waals surface area contributed by atoms with Gasteiger partial charge in [0.1, 0.15) is 0 Å². The highest BCUT2D eigenvalue weighted by molar-refractivity contribution is 5.73. The number of nitrogens with zero attached hydrogens (tertiary/aromatic N) is 2. The first-order valence-corrected chi connectivity index (χ1v) is 6.81. The second kappa shape index (κ2) is 5.23. The monoisotopic (exact) mass is 257 g/mol. The van der Waals surface area contributed by atoms with Crippen LogP contribution in [0.3, 0.4) is 0 Å². The zero-order valence-electron chi connectivity index (χ0n) is 11.2. The first-order valence-electron chi connectivity index (χ1n) is 6.81. The van der Waals surface area contributed by atoms with Gasteiger partial charge >= 0.3 is 0 Å². The molecule has 4 nitrogen and oxygen atoms in total. The molecule has 1 fully saturated rings. The summed E-state index contributed by atoms with van der Waals surface area (Å²) < 4.78 is 5.75. The number of para-hydroxylation sites is 2. The molecule has 3 rings (SSSR count). The molecule has 1 atom stereocenters. The molecule has 19 heavy (non-hydrogen) atoms. The van der Waals surface area contributed by atoms with E-state index in [0.717, 1.165) is 49.3 Å². The van der Waals surface area contributed by atoms with Crippen LogP contribution in [-0.4, -0.2) is 28.7 Å². The van der Waals surface area contributed by atoms with Crippen molar-refractivity contribution < 1.29 is 4.74 Å². The SMILES string of the molecule is CC1(CNCc2cnc3ccccc3n2)CCCO1. The van der Waals surface area contributed by atoms with Gasteiger partial charge in [-0.1, -0.05) is 12.1 Å². The zero-order valence-corrected chi connectivity index (χ0v) is 11.2. The van der Waals surface area contributed by atoms with Crippen molar-refractivity contribution in [3.05, 3.63) is 36.2 Å². The third-order valence-electron chi connectivity index (χ3n) is 3.60. The van der Waals surface area contributed by atoms with Crippen LogP contribution in [0.2, 0.25) is 0 Å². The van der Waals surface area contributed by atoms with Crippen LogP contribution < -0.4 is 5.32 Å². The molecule has 1 aliphatic heterocycles. The average molecular weight is 257 g/mol. The van der Waals surface area contributed by atoms with Gasteiger partial charge in [0, 0.05) is 19.7 Å². The fraction of sp³-hybridized carbons (Fsp3) is 0.467. The van der Waals surface area contributed by atoms with Crippen molar-refractivity contribution in [1.29, 1.82) is 0 Å². The van der Waals surface area contributed by atoms with Crippen LogP contribution in [0.5, 0.6) is 0 Å². The molecule has 1 N–H and O–H groups in total. The Hall–Kier alpha value is -1.52. The van der Waals surface area contributed by atoms with Crippen LogP contribution in [0.1, 0.15) is 25.5 Å². The zero-order chi connectivity index (χ0) is 13.1. The largest absolute Gasteiger partial charge is 0.374 e. The minimum absolute atomic E-state index is 0.00965. The maximum absolute atomic E-state index is 5.75. The summed E-state index contributed by atoms with van der Waals surface area (Å²) in [5.41, 5.74) is 2.85. The highest BCUT2D eigenvalue weighted by atomic mass is 16.5. The maximum Gasteiger partial charge on any atom is 0.0890 e. The molecule has 1 aliphatic rings. The van der Waals surface area contributed by atoms with Gasteiger partial charge in [-0.05, 0) is 31.9 Å². The number of hydrogen-bond acceptors (Lipinski definition) is 4. The summed E-state index contributed by atoms with van der Waals surface area (Å²) in [5, 5.41) is 3.42. The van der Waals surface area contributed by atoms with Crippen molar-refractivity contribution in [2.24, 2.45) is 0 Å². The number of fused-ring (bicyclic) bond motifs is 1. The second-order valence-corrected chi connectivity index (χ2v) is 5.36. The summed E-state index contributed by atoms with van der Waals surface area (Å²) in [6.45, 7) is 4.64. The Morgan fingerprint density at radius 1 is 1.32 bits per heavy atom. The summed E-state index contributed by atoms with van der Waals surface area (Å²) in [4.78, 5) is 9.01. The molecular formula is C15H19N3O. The predicted molar refractivity (Wildman–Crippen MR) is 74.8 cm³/mol. The van der Waals surface area contributed by atoms with Crippen molar-refractivity contribution >= 4 is 11.0 Å². The van der Waals surface area contributed by atoms with Gasteiger partial charge < -0.3 is 10.1 Å². The molecule has 0 radical (unpaired) electrons. The van der Waals surface area contributed by atoms with E-state index in [9.17, 15) is 0 Å². The Kier molecular flexibility index (Phi) is 3.44. The van der Waals surface area contributed by atoms with Gasteiger partial charge in [-0.2, -0.15) is 0 Å². The van der Waals surface area contributed by atoms with Crippen LogP contribution in [0.15, 0.2) is 30.5 Å². The van der Waals surface area contributed by atoms with Crippen molar-refractivity contribution in [2.75, 3.05) is 13.2 Å². The topological polar surface area (TPSA) is 47.0 Å². The van der Waals surface area contributed by atoms with Gasteiger partial charge in [-0.3, -0.25) is 4.98 Å². The summed E-state index contributed by atoms with van der Waals surface area (Å²) in [5.74, 6) is 0. The van der Waals surface area contributed by atoms with Gasteiger partial charge in [0.2, 0.25) is 0 Å². The third kappa shape index (κ3) is 2.91. The Morgan fingerprint density at radius 2 is 2.16 bits per heavy atom. The number of nitrogens with one attached hydrogen (secondary N) is 1. The first kappa shape index (κ1) is 12.5. The van der Waals surface area contributed by atoms with Crippen LogP contribution >= 0.6 is 0 Å². The smallest absolute Gasteiger partial charge is 0.0890 e. The molecule has 1 unspecified atom stereocenters. The Labute approximate surface area is 113 Å². The van der Waals surface area contributed by atoms with Crippen molar-refractivity contribution in [1.82, 2.24) is 15.3 Å². The van der Waals surface area contributed by atoms with Gasteiger partial charge in [-0.15, -0.1) is 0 Å². The fourth-order valence-corrected chi connectivity index (χ4v) is 2.51. The predicted octanol–water partition coefficient (Wildman–Crippen LogP) is 2.29. The summed E-state index contributed by atoms with van der Waals surface area (Å²) in [6.07, 6.45) is 4.13. The van der Waals surface area contributed by atoms with Gasteiger partial charge in [0.15, 0.2) is 0 Å². The van der Waals surface area contributed by atoms with Gasteiger partial charge in [-0.25, -0.2) is 4.98 Å². The van der Waals surface area contributed by atoms with Crippen molar-refractivity contribution in [3.63, 3.8) is 0 Å². The van der Waals surface area contributed by atoms with E-state index in [1.807, 2.05) is 30.5 Å². The molecule has 0 spiro atoms. The molecule has 1 aromatic heterocycles.